The van der Waals surface area contributed by atoms with E-state index in [0.29, 0.717) is 12.4 Å². The van der Waals surface area contributed by atoms with Crippen molar-refractivity contribution in [3.8, 4) is 5.88 Å². The maximum absolute atomic E-state index is 10.9. The summed E-state index contributed by atoms with van der Waals surface area (Å²) >= 11 is 0. The Hall–Kier alpha value is -1.96. The third kappa shape index (κ3) is 3.00. The number of anilines is 1. The number of hydrogen-bond donors (Lipinski definition) is 1. The smallest absolute Gasteiger partial charge is 0.372 e. The summed E-state index contributed by atoms with van der Waals surface area (Å²) in [6, 6.07) is 0. The van der Waals surface area contributed by atoms with Crippen LogP contribution in [0.25, 0.3) is 0 Å². The third-order valence-electron chi connectivity index (χ3n) is 1.89. The maximum atomic E-state index is 10.9. The SMILES string of the molecule is CCNc1nc(COC)nc(OC)c1[N+](=O)[O-]. The van der Waals surface area contributed by atoms with Crippen molar-refractivity contribution >= 4 is 11.5 Å². The van der Waals surface area contributed by atoms with Gasteiger partial charge in [-0.1, -0.05) is 0 Å². The summed E-state index contributed by atoms with van der Waals surface area (Å²) in [5, 5.41) is 13.7. The number of nitrogens with zero attached hydrogens (tertiary/aromatic N) is 3. The van der Waals surface area contributed by atoms with Crippen LogP contribution in [0.1, 0.15) is 12.7 Å². The normalized spacial score (nSPS) is 10.1. The van der Waals surface area contributed by atoms with Crippen molar-refractivity contribution in [3.05, 3.63) is 15.9 Å². The van der Waals surface area contributed by atoms with E-state index in [-0.39, 0.29) is 24.0 Å². The molecule has 17 heavy (non-hydrogen) atoms. The molecule has 0 bridgehead atoms. The number of rotatable bonds is 6. The van der Waals surface area contributed by atoms with Gasteiger partial charge in [-0.3, -0.25) is 10.1 Å². The predicted molar refractivity (Wildman–Crippen MR) is 60.1 cm³/mol. The van der Waals surface area contributed by atoms with Crippen LogP contribution in [-0.4, -0.2) is 35.7 Å². The summed E-state index contributed by atoms with van der Waals surface area (Å²) in [5.41, 5.74) is -0.269. The lowest BCUT2D eigenvalue weighted by Crippen LogP contribution is -2.10. The molecule has 8 nitrogen and oxygen atoms in total. The minimum atomic E-state index is -0.576. The molecule has 0 fully saturated rings. The lowest BCUT2D eigenvalue weighted by Gasteiger charge is -2.08. The average molecular weight is 242 g/mol. The maximum Gasteiger partial charge on any atom is 0.372 e. The quantitative estimate of drug-likeness (QED) is 0.586. The first kappa shape index (κ1) is 13.1. The summed E-state index contributed by atoms with van der Waals surface area (Å²) in [7, 11) is 2.81. The third-order valence-corrected chi connectivity index (χ3v) is 1.89. The molecule has 1 aromatic rings. The van der Waals surface area contributed by atoms with Gasteiger partial charge in [0.2, 0.25) is 5.82 Å². The fourth-order valence-corrected chi connectivity index (χ4v) is 1.27. The highest BCUT2D eigenvalue weighted by molar-refractivity contribution is 5.61. The van der Waals surface area contributed by atoms with Crippen LogP contribution in [-0.2, 0) is 11.3 Å². The second kappa shape index (κ2) is 5.94. The minimum Gasteiger partial charge on any atom is -0.476 e. The molecule has 0 aliphatic rings. The molecular weight excluding hydrogens is 228 g/mol. The molecule has 0 unspecified atom stereocenters. The van der Waals surface area contributed by atoms with E-state index in [2.05, 4.69) is 15.3 Å². The van der Waals surface area contributed by atoms with E-state index in [0.717, 1.165) is 0 Å². The van der Waals surface area contributed by atoms with Gasteiger partial charge in [0.15, 0.2) is 5.82 Å². The van der Waals surface area contributed by atoms with Crippen LogP contribution < -0.4 is 10.1 Å². The Labute approximate surface area is 98.1 Å². The number of aromatic nitrogens is 2. The lowest BCUT2D eigenvalue weighted by molar-refractivity contribution is -0.385. The Bertz CT molecular complexity index is 410. The average Bonchev–Trinajstić information content (AvgIpc) is 2.28. The van der Waals surface area contributed by atoms with Gasteiger partial charge in [0.25, 0.3) is 5.88 Å². The summed E-state index contributed by atoms with van der Waals surface area (Å²) in [6.07, 6.45) is 0. The topological polar surface area (TPSA) is 99.4 Å². The van der Waals surface area contributed by atoms with Gasteiger partial charge in [-0.05, 0) is 6.92 Å². The van der Waals surface area contributed by atoms with Gasteiger partial charge in [-0.2, -0.15) is 4.98 Å². The summed E-state index contributed by atoms with van der Waals surface area (Å²) in [4.78, 5) is 18.3. The monoisotopic (exact) mass is 242 g/mol. The minimum absolute atomic E-state index is 0.0759. The zero-order valence-electron chi connectivity index (χ0n) is 9.89. The van der Waals surface area contributed by atoms with Crippen LogP contribution in [0, 0.1) is 10.1 Å². The molecule has 0 saturated heterocycles. The van der Waals surface area contributed by atoms with Crippen LogP contribution in [0.2, 0.25) is 0 Å². The lowest BCUT2D eigenvalue weighted by atomic mass is 10.4. The molecule has 1 N–H and O–H groups in total. The molecule has 8 heteroatoms. The zero-order valence-corrected chi connectivity index (χ0v) is 9.89. The molecule has 0 saturated carbocycles. The van der Waals surface area contributed by atoms with Crippen LogP contribution in [0.3, 0.4) is 0 Å². The van der Waals surface area contributed by atoms with Gasteiger partial charge in [-0.15, -0.1) is 0 Å². The molecule has 0 aliphatic carbocycles. The van der Waals surface area contributed by atoms with Gasteiger partial charge >= 0.3 is 5.69 Å². The number of nitro groups is 1. The molecule has 0 spiro atoms. The van der Waals surface area contributed by atoms with E-state index in [4.69, 9.17) is 9.47 Å². The van der Waals surface area contributed by atoms with Crippen molar-refractivity contribution in [1.82, 2.24) is 9.97 Å². The largest absolute Gasteiger partial charge is 0.476 e. The van der Waals surface area contributed by atoms with Gasteiger partial charge in [-0.25, -0.2) is 4.98 Å². The Morgan fingerprint density at radius 3 is 2.59 bits per heavy atom. The Morgan fingerprint density at radius 1 is 1.41 bits per heavy atom. The van der Waals surface area contributed by atoms with Crippen molar-refractivity contribution in [1.29, 1.82) is 0 Å². The Balaban J connectivity index is 3.29. The first-order chi connectivity index (χ1) is 8.13. The highest BCUT2D eigenvalue weighted by Gasteiger charge is 2.25. The van der Waals surface area contributed by atoms with Crippen LogP contribution >= 0.6 is 0 Å². The predicted octanol–water partition coefficient (Wildman–Crippen LogP) is 0.972. The van der Waals surface area contributed by atoms with E-state index in [1.165, 1.54) is 14.2 Å². The fraction of sp³-hybridized carbons (Fsp3) is 0.556. The second-order valence-corrected chi connectivity index (χ2v) is 3.07. The standard InChI is InChI=1S/C9H14N4O4/c1-4-10-8-7(13(14)15)9(17-3)12-6(11-8)5-16-2/h4-5H2,1-3H3,(H,10,11,12). The molecule has 0 aromatic carbocycles. The van der Waals surface area contributed by atoms with Crippen molar-refractivity contribution in [3.63, 3.8) is 0 Å². The van der Waals surface area contributed by atoms with E-state index in [1.807, 2.05) is 6.92 Å². The van der Waals surface area contributed by atoms with Gasteiger partial charge < -0.3 is 14.8 Å². The number of nitrogens with one attached hydrogen (secondary N) is 1. The van der Waals surface area contributed by atoms with E-state index in [1.54, 1.807) is 0 Å². The highest BCUT2D eigenvalue weighted by atomic mass is 16.6. The van der Waals surface area contributed by atoms with E-state index in [9.17, 15) is 10.1 Å². The Kier molecular flexibility index (Phi) is 4.58. The molecule has 1 heterocycles. The summed E-state index contributed by atoms with van der Waals surface area (Å²) in [5.74, 6) is 0.385. The van der Waals surface area contributed by atoms with Crippen LogP contribution in [0.15, 0.2) is 0 Å². The molecular formula is C9H14N4O4. The summed E-state index contributed by atoms with van der Waals surface area (Å²) in [6.45, 7) is 2.48. The molecule has 0 atom stereocenters. The van der Waals surface area contributed by atoms with E-state index >= 15 is 0 Å². The van der Waals surface area contributed by atoms with E-state index < -0.39 is 4.92 Å². The fourth-order valence-electron chi connectivity index (χ4n) is 1.27. The Morgan fingerprint density at radius 2 is 2.12 bits per heavy atom. The van der Waals surface area contributed by atoms with Gasteiger partial charge in [0, 0.05) is 13.7 Å². The van der Waals surface area contributed by atoms with Crippen LogP contribution in [0.4, 0.5) is 11.5 Å². The second-order valence-electron chi connectivity index (χ2n) is 3.07. The van der Waals surface area contributed by atoms with Crippen molar-refractivity contribution in [2.75, 3.05) is 26.1 Å². The van der Waals surface area contributed by atoms with Gasteiger partial charge in [0.1, 0.15) is 6.61 Å². The molecule has 1 rings (SSSR count). The van der Waals surface area contributed by atoms with Crippen LogP contribution in [0.5, 0.6) is 5.88 Å². The molecule has 0 amide bonds. The first-order valence-corrected chi connectivity index (χ1v) is 4.96. The van der Waals surface area contributed by atoms with Crippen molar-refractivity contribution < 1.29 is 14.4 Å². The summed E-state index contributed by atoms with van der Waals surface area (Å²) < 4.78 is 9.77. The number of methoxy groups -OCH3 is 2. The zero-order chi connectivity index (χ0) is 12.8. The molecule has 0 aliphatic heterocycles. The molecule has 0 radical (unpaired) electrons. The number of hydrogen-bond acceptors (Lipinski definition) is 7. The highest BCUT2D eigenvalue weighted by Crippen LogP contribution is 2.31. The first-order valence-electron chi connectivity index (χ1n) is 4.96. The van der Waals surface area contributed by atoms with Gasteiger partial charge in [0.05, 0.1) is 12.0 Å². The number of ether oxygens (including phenoxy) is 2. The molecule has 94 valence electrons. The van der Waals surface area contributed by atoms with Crippen molar-refractivity contribution in [2.24, 2.45) is 0 Å². The molecule has 1 aromatic heterocycles. The van der Waals surface area contributed by atoms with Crippen molar-refractivity contribution in [2.45, 2.75) is 13.5 Å².